The number of pyridine rings is 1. The highest BCUT2D eigenvalue weighted by atomic mass is 32.2. The summed E-state index contributed by atoms with van der Waals surface area (Å²) in [5.74, 6) is 0.0563. The number of piperidine rings is 1. The second-order valence-corrected chi connectivity index (χ2v) is 8.24. The number of aromatic hydroxyl groups is 1. The zero-order valence-electron chi connectivity index (χ0n) is 14.1. The molecule has 0 amide bonds. The summed E-state index contributed by atoms with van der Waals surface area (Å²) in [6, 6.07) is 7.54. The molecular formula is C17H18F3N3O3S. The highest BCUT2D eigenvalue weighted by Crippen LogP contribution is 2.31. The van der Waals surface area contributed by atoms with E-state index in [2.05, 4.69) is 9.71 Å². The lowest BCUT2D eigenvalue weighted by Crippen LogP contribution is -2.41. The topological polar surface area (TPSA) is 82.5 Å². The number of hydrogen-bond acceptors (Lipinski definition) is 5. The Kier molecular flexibility index (Phi) is 5.18. The molecule has 10 heteroatoms. The zero-order chi connectivity index (χ0) is 19.7. The summed E-state index contributed by atoms with van der Waals surface area (Å²) in [6.45, 7) is 0.833. The maximum Gasteiger partial charge on any atom is 0.416 e. The molecule has 6 nitrogen and oxygen atoms in total. The molecule has 0 spiro atoms. The molecule has 146 valence electrons. The van der Waals surface area contributed by atoms with Crippen molar-refractivity contribution in [2.75, 3.05) is 22.7 Å². The average Bonchev–Trinajstić information content (AvgIpc) is 2.63. The summed E-state index contributed by atoms with van der Waals surface area (Å²) >= 11 is 0. The van der Waals surface area contributed by atoms with E-state index in [4.69, 9.17) is 0 Å². The van der Waals surface area contributed by atoms with Crippen molar-refractivity contribution in [1.82, 2.24) is 4.98 Å². The van der Waals surface area contributed by atoms with Crippen molar-refractivity contribution in [3.8, 4) is 5.75 Å². The van der Waals surface area contributed by atoms with E-state index in [-0.39, 0.29) is 11.6 Å². The Balaban J connectivity index is 1.61. The van der Waals surface area contributed by atoms with Gasteiger partial charge in [-0.05, 0) is 49.2 Å². The summed E-state index contributed by atoms with van der Waals surface area (Å²) in [5.41, 5.74) is -0.0821. The molecule has 0 radical (unpaired) electrons. The molecule has 1 aromatic heterocycles. The maximum atomic E-state index is 12.6. The fourth-order valence-corrected chi connectivity index (χ4v) is 4.37. The SMILES string of the molecule is O=S(=O)(Nc1ccc(O)cn1)C1CCN(c2ccc(C(F)(F)F)cc2)CC1. The Bertz CT molecular complexity index is 876. The molecule has 2 heterocycles. The van der Waals surface area contributed by atoms with Gasteiger partial charge in [0.1, 0.15) is 11.6 Å². The number of anilines is 2. The van der Waals surface area contributed by atoms with Crippen molar-refractivity contribution in [1.29, 1.82) is 0 Å². The molecule has 1 aliphatic rings. The van der Waals surface area contributed by atoms with Crippen LogP contribution in [0.25, 0.3) is 0 Å². The molecule has 2 aromatic rings. The number of halogens is 3. The minimum absolute atomic E-state index is 0.0669. The van der Waals surface area contributed by atoms with Gasteiger partial charge in [-0.15, -0.1) is 0 Å². The molecule has 2 N–H and O–H groups in total. The summed E-state index contributed by atoms with van der Waals surface area (Å²) in [7, 11) is -3.65. The van der Waals surface area contributed by atoms with Crippen molar-refractivity contribution in [3.63, 3.8) is 0 Å². The lowest BCUT2D eigenvalue weighted by atomic mass is 10.1. The quantitative estimate of drug-likeness (QED) is 0.822. The highest BCUT2D eigenvalue weighted by Gasteiger charge is 2.32. The van der Waals surface area contributed by atoms with E-state index in [0.29, 0.717) is 31.6 Å². The first kappa shape index (κ1) is 19.3. The van der Waals surface area contributed by atoms with Gasteiger partial charge in [0.2, 0.25) is 10.0 Å². The van der Waals surface area contributed by atoms with Gasteiger partial charge < -0.3 is 10.0 Å². The molecule has 3 rings (SSSR count). The zero-order valence-corrected chi connectivity index (χ0v) is 15.0. The third kappa shape index (κ3) is 4.62. The van der Waals surface area contributed by atoms with Crippen LogP contribution in [0.3, 0.4) is 0 Å². The molecule has 0 aliphatic carbocycles. The van der Waals surface area contributed by atoms with Crippen LogP contribution in [-0.2, 0) is 16.2 Å². The number of hydrogen-bond donors (Lipinski definition) is 2. The minimum Gasteiger partial charge on any atom is -0.506 e. The van der Waals surface area contributed by atoms with Crippen LogP contribution >= 0.6 is 0 Å². The van der Waals surface area contributed by atoms with E-state index in [9.17, 15) is 26.7 Å². The summed E-state index contributed by atoms with van der Waals surface area (Å²) < 4.78 is 65.3. The van der Waals surface area contributed by atoms with Gasteiger partial charge in [-0.25, -0.2) is 13.4 Å². The molecule has 1 aliphatic heterocycles. The van der Waals surface area contributed by atoms with E-state index in [1.165, 1.54) is 24.3 Å². The van der Waals surface area contributed by atoms with Crippen LogP contribution in [0.4, 0.5) is 24.7 Å². The molecule has 0 saturated carbocycles. The predicted octanol–water partition coefficient (Wildman–Crippen LogP) is 3.22. The highest BCUT2D eigenvalue weighted by molar-refractivity contribution is 7.93. The largest absolute Gasteiger partial charge is 0.506 e. The van der Waals surface area contributed by atoms with Gasteiger partial charge >= 0.3 is 6.18 Å². The van der Waals surface area contributed by atoms with Crippen molar-refractivity contribution in [2.45, 2.75) is 24.3 Å². The number of nitrogens with zero attached hydrogens (tertiary/aromatic N) is 2. The van der Waals surface area contributed by atoms with Crippen molar-refractivity contribution in [2.24, 2.45) is 0 Å². The second-order valence-electron chi connectivity index (χ2n) is 6.28. The third-order valence-corrected chi connectivity index (χ3v) is 6.28. The summed E-state index contributed by atoms with van der Waals surface area (Å²) in [6.07, 6.45) is -2.55. The van der Waals surface area contributed by atoms with Gasteiger partial charge in [0.05, 0.1) is 17.0 Å². The van der Waals surface area contributed by atoms with E-state index < -0.39 is 27.0 Å². The standard InChI is InChI=1S/C17H18F3N3O3S/c18-17(19,20)12-1-3-13(4-2-12)23-9-7-15(8-10-23)27(25,26)22-16-6-5-14(24)11-21-16/h1-6,11,15,24H,7-10H2,(H,21,22). The minimum atomic E-state index is -4.38. The normalized spacial score (nSPS) is 16.3. The van der Waals surface area contributed by atoms with Gasteiger partial charge in [0.25, 0.3) is 0 Å². The Labute approximate surface area is 154 Å². The molecule has 1 saturated heterocycles. The van der Waals surface area contributed by atoms with Crippen LogP contribution in [0.15, 0.2) is 42.6 Å². The first-order chi connectivity index (χ1) is 12.6. The van der Waals surface area contributed by atoms with E-state index in [1.54, 1.807) is 0 Å². The first-order valence-electron chi connectivity index (χ1n) is 8.24. The Morgan fingerprint density at radius 2 is 1.70 bits per heavy atom. The van der Waals surface area contributed by atoms with E-state index in [1.807, 2.05) is 4.90 Å². The third-order valence-electron chi connectivity index (χ3n) is 4.44. The van der Waals surface area contributed by atoms with Gasteiger partial charge in [-0.2, -0.15) is 13.2 Å². The van der Waals surface area contributed by atoms with E-state index >= 15 is 0 Å². The first-order valence-corrected chi connectivity index (χ1v) is 9.79. The van der Waals surface area contributed by atoms with Crippen LogP contribution in [0.1, 0.15) is 18.4 Å². The maximum absolute atomic E-state index is 12.6. The molecule has 0 unspecified atom stereocenters. The number of sulfonamides is 1. The summed E-state index contributed by atoms with van der Waals surface area (Å²) in [5, 5.41) is 8.57. The number of aromatic nitrogens is 1. The van der Waals surface area contributed by atoms with Crippen molar-refractivity contribution >= 4 is 21.5 Å². The van der Waals surface area contributed by atoms with Gasteiger partial charge in [-0.1, -0.05) is 0 Å². The van der Waals surface area contributed by atoms with Crippen molar-refractivity contribution < 1.29 is 26.7 Å². The van der Waals surface area contributed by atoms with Gasteiger partial charge in [0.15, 0.2) is 0 Å². The smallest absolute Gasteiger partial charge is 0.416 e. The Hall–Kier alpha value is -2.49. The molecule has 1 fully saturated rings. The molecule has 0 bridgehead atoms. The number of benzene rings is 1. The van der Waals surface area contributed by atoms with Crippen LogP contribution < -0.4 is 9.62 Å². The van der Waals surface area contributed by atoms with Crippen LogP contribution in [0, 0.1) is 0 Å². The average molecular weight is 401 g/mol. The Morgan fingerprint density at radius 3 is 2.22 bits per heavy atom. The van der Waals surface area contributed by atoms with Crippen LogP contribution in [0.5, 0.6) is 5.75 Å². The molecular weight excluding hydrogens is 383 g/mol. The predicted molar refractivity (Wildman–Crippen MR) is 95.1 cm³/mol. The molecule has 0 atom stereocenters. The fourth-order valence-electron chi connectivity index (χ4n) is 2.96. The van der Waals surface area contributed by atoms with Crippen LogP contribution in [-0.4, -0.2) is 36.8 Å². The van der Waals surface area contributed by atoms with E-state index in [0.717, 1.165) is 18.3 Å². The fraction of sp³-hybridized carbons (Fsp3) is 0.353. The monoisotopic (exact) mass is 401 g/mol. The Morgan fingerprint density at radius 1 is 1.07 bits per heavy atom. The van der Waals surface area contributed by atoms with Gasteiger partial charge in [-0.3, -0.25) is 4.72 Å². The van der Waals surface area contributed by atoms with Crippen LogP contribution in [0.2, 0.25) is 0 Å². The summed E-state index contributed by atoms with van der Waals surface area (Å²) in [4.78, 5) is 5.67. The molecule has 27 heavy (non-hydrogen) atoms. The number of nitrogens with one attached hydrogen (secondary N) is 1. The lowest BCUT2D eigenvalue weighted by molar-refractivity contribution is -0.137. The number of alkyl halides is 3. The molecule has 1 aromatic carbocycles. The number of rotatable bonds is 4. The van der Waals surface area contributed by atoms with Crippen molar-refractivity contribution in [3.05, 3.63) is 48.2 Å². The lowest BCUT2D eigenvalue weighted by Gasteiger charge is -2.33. The second kappa shape index (κ2) is 7.26. The van der Waals surface area contributed by atoms with Gasteiger partial charge in [0, 0.05) is 18.8 Å².